The molecule has 170 valence electrons. The maximum absolute atomic E-state index is 12.9. The Hall–Kier alpha value is -3.37. The van der Waals surface area contributed by atoms with Gasteiger partial charge in [-0.1, -0.05) is 12.1 Å². The van der Waals surface area contributed by atoms with Crippen LogP contribution in [0.2, 0.25) is 0 Å². The van der Waals surface area contributed by atoms with Gasteiger partial charge in [0, 0.05) is 24.9 Å². The molecule has 0 N–H and O–H groups in total. The Morgan fingerprint density at radius 1 is 1.22 bits per heavy atom. The van der Waals surface area contributed by atoms with Crippen molar-refractivity contribution in [2.45, 2.75) is 39.0 Å². The maximum Gasteiger partial charge on any atom is 0.453 e. The number of likely N-dealkylation sites (N-methyl/N-ethyl adjacent to an activating group) is 1. The molecular weight excluding hydrogens is 427 g/mol. The van der Waals surface area contributed by atoms with E-state index in [0.717, 1.165) is 4.52 Å². The van der Waals surface area contributed by atoms with Gasteiger partial charge in [0.2, 0.25) is 5.91 Å². The third-order valence-corrected chi connectivity index (χ3v) is 5.36. The van der Waals surface area contributed by atoms with Crippen LogP contribution in [0.5, 0.6) is 11.5 Å². The Labute approximate surface area is 182 Å². The van der Waals surface area contributed by atoms with Crippen molar-refractivity contribution in [3.63, 3.8) is 0 Å². The molecule has 1 atom stereocenters. The van der Waals surface area contributed by atoms with Crippen molar-refractivity contribution in [1.29, 1.82) is 0 Å². The quantitative estimate of drug-likeness (QED) is 0.596. The normalized spacial score (nSPS) is 15.8. The molecule has 4 rings (SSSR count). The largest absolute Gasteiger partial charge is 0.486 e. The van der Waals surface area contributed by atoms with Crippen molar-refractivity contribution >= 4 is 11.7 Å². The molecule has 11 heteroatoms. The van der Waals surface area contributed by atoms with Crippen LogP contribution in [-0.4, -0.2) is 56.7 Å². The lowest BCUT2D eigenvalue weighted by Gasteiger charge is -2.29. The zero-order valence-electron chi connectivity index (χ0n) is 17.8. The van der Waals surface area contributed by atoms with Crippen molar-refractivity contribution in [2.24, 2.45) is 0 Å². The summed E-state index contributed by atoms with van der Waals surface area (Å²) in [7, 11) is 1.68. The molecule has 1 aliphatic rings. The average molecular weight is 449 g/mol. The van der Waals surface area contributed by atoms with Gasteiger partial charge in [0.15, 0.2) is 17.6 Å². The molecule has 8 nitrogen and oxygen atoms in total. The van der Waals surface area contributed by atoms with E-state index >= 15 is 0 Å². The highest BCUT2D eigenvalue weighted by Crippen LogP contribution is 2.31. The smallest absolute Gasteiger partial charge is 0.453 e. The number of amides is 1. The summed E-state index contributed by atoms with van der Waals surface area (Å²) in [5, 5.41) is 3.54. The number of benzene rings is 1. The fourth-order valence-corrected chi connectivity index (χ4v) is 3.67. The van der Waals surface area contributed by atoms with Crippen LogP contribution in [-0.2, 0) is 17.4 Å². The topological polar surface area (TPSA) is 81.9 Å². The van der Waals surface area contributed by atoms with Crippen molar-refractivity contribution < 1.29 is 27.4 Å². The fraction of sp³-hybridized carbons (Fsp3) is 0.429. The van der Waals surface area contributed by atoms with Gasteiger partial charge in [-0.15, -0.1) is 5.10 Å². The Morgan fingerprint density at radius 2 is 1.94 bits per heavy atom. The third-order valence-electron chi connectivity index (χ3n) is 5.36. The second-order valence-corrected chi connectivity index (χ2v) is 7.68. The van der Waals surface area contributed by atoms with Gasteiger partial charge in [0.25, 0.3) is 11.6 Å². The second-order valence-electron chi connectivity index (χ2n) is 7.68. The van der Waals surface area contributed by atoms with Crippen molar-refractivity contribution in [1.82, 2.24) is 24.5 Å². The standard InChI is InChI=1S/C21H22F3N5O3/c1-12-15(13(2)29-20(25-12)26-19(27-29)21(22,23)24)8-9-18(30)28(3)10-14-11-31-16-6-4-5-7-17(16)32-14/h4-7,14H,8-11H2,1-3H3. The first-order valence-corrected chi connectivity index (χ1v) is 10.1. The molecule has 3 heterocycles. The molecule has 1 aliphatic heterocycles. The van der Waals surface area contributed by atoms with Crippen LogP contribution in [0.4, 0.5) is 13.2 Å². The van der Waals surface area contributed by atoms with E-state index in [1.165, 1.54) is 0 Å². The van der Waals surface area contributed by atoms with E-state index in [0.29, 0.717) is 48.0 Å². The third kappa shape index (κ3) is 4.32. The number of halogens is 3. The number of rotatable bonds is 5. The van der Waals surface area contributed by atoms with E-state index in [2.05, 4.69) is 15.1 Å². The first-order chi connectivity index (χ1) is 15.1. The Bertz CT molecular complexity index is 1160. The first-order valence-electron chi connectivity index (χ1n) is 10.1. The minimum absolute atomic E-state index is 0.116. The molecule has 0 fully saturated rings. The molecule has 0 saturated heterocycles. The number of nitrogens with zero attached hydrogens (tertiary/aromatic N) is 5. The minimum atomic E-state index is -4.65. The van der Waals surface area contributed by atoms with Crippen LogP contribution in [0.3, 0.4) is 0 Å². The van der Waals surface area contributed by atoms with Gasteiger partial charge in [-0.2, -0.15) is 18.2 Å². The van der Waals surface area contributed by atoms with Crippen LogP contribution < -0.4 is 9.47 Å². The summed E-state index contributed by atoms with van der Waals surface area (Å²) in [6.45, 7) is 4.01. The van der Waals surface area contributed by atoms with E-state index in [1.54, 1.807) is 25.8 Å². The first kappa shape index (κ1) is 21.8. The predicted molar refractivity (Wildman–Crippen MR) is 108 cm³/mol. The van der Waals surface area contributed by atoms with Crippen LogP contribution in [0.25, 0.3) is 5.78 Å². The van der Waals surface area contributed by atoms with E-state index in [1.807, 2.05) is 24.3 Å². The van der Waals surface area contributed by atoms with Crippen LogP contribution >= 0.6 is 0 Å². The van der Waals surface area contributed by atoms with E-state index < -0.39 is 12.0 Å². The number of ether oxygens (including phenoxy) is 2. The van der Waals surface area contributed by atoms with Gasteiger partial charge in [0.05, 0.1) is 6.54 Å². The molecule has 0 aliphatic carbocycles. The van der Waals surface area contributed by atoms with E-state index in [4.69, 9.17) is 9.47 Å². The van der Waals surface area contributed by atoms with Crippen molar-refractivity contribution in [3.05, 3.63) is 47.0 Å². The number of para-hydroxylation sites is 2. The number of aromatic nitrogens is 4. The maximum atomic E-state index is 12.9. The molecular formula is C21H22F3N5O3. The Kier molecular flexibility index (Phi) is 5.66. The summed E-state index contributed by atoms with van der Waals surface area (Å²) in [6.07, 6.45) is -4.47. The van der Waals surface area contributed by atoms with E-state index in [9.17, 15) is 18.0 Å². The predicted octanol–water partition coefficient (Wildman–Crippen LogP) is 2.99. The Balaban J connectivity index is 1.41. The number of aryl methyl sites for hydroxylation is 2. The number of carbonyl (C=O) groups is 1. The molecule has 1 aromatic carbocycles. The molecule has 0 spiro atoms. The zero-order valence-corrected chi connectivity index (χ0v) is 17.8. The number of carbonyl (C=O) groups excluding carboxylic acids is 1. The van der Waals surface area contributed by atoms with Gasteiger partial charge >= 0.3 is 6.18 Å². The summed E-state index contributed by atoms with van der Waals surface area (Å²) in [4.78, 5) is 21.9. The number of hydrogen-bond acceptors (Lipinski definition) is 6. The lowest BCUT2D eigenvalue weighted by molar-refractivity contribution is -0.144. The summed E-state index contributed by atoms with van der Waals surface area (Å²) in [5.74, 6) is -0.165. The zero-order chi connectivity index (χ0) is 23.0. The van der Waals surface area contributed by atoms with Crippen LogP contribution in [0.15, 0.2) is 24.3 Å². The molecule has 32 heavy (non-hydrogen) atoms. The summed E-state index contributed by atoms with van der Waals surface area (Å²) < 4.78 is 51.5. The van der Waals surface area contributed by atoms with Crippen molar-refractivity contribution in [2.75, 3.05) is 20.2 Å². The number of fused-ring (bicyclic) bond motifs is 2. The highest BCUT2D eigenvalue weighted by Gasteiger charge is 2.37. The number of alkyl halides is 3. The fourth-order valence-electron chi connectivity index (χ4n) is 3.67. The molecule has 1 unspecified atom stereocenters. The summed E-state index contributed by atoms with van der Waals surface area (Å²) in [6, 6.07) is 7.34. The lowest BCUT2D eigenvalue weighted by Crippen LogP contribution is -2.41. The molecule has 1 amide bonds. The number of hydrogen-bond donors (Lipinski definition) is 0. The average Bonchev–Trinajstić information content (AvgIpc) is 3.18. The van der Waals surface area contributed by atoms with Crippen LogP contribution in [0, 0.1) is 13.8 Å². The highest BCUT2D eigenvalue weighted by molar-refractivity contribution is 5.76. The molecule has 0 radical (unpaired) electrons. The van der Waals surface area contributed by atoms with Gasteiger partial charge < -0.3 is 14.4 Å². The second kappa shape index (κ2) is 8.29. The Morgan fingerprint density at radius 3 is 2.66 bits per heavy atom. The summed E-state index contributed by atoms with van der Waals surface area (Å²) in [5.41, 5.74) is 1.67. The van der Waals surface area contributed by atoms with Crippen molar-refractivity contribution in [3.8, 4) is 11.5 Å². The molecule has 3 aromatic rings. The summed E-state index contributed by atoms with van der Waals surface area (Å²) >= 11 is 0. The van der Waals surface area contributed by atoms with Gasteiger partial charge in [-0.05, 0) is 38.0 Å². The molecule has 0 bridgehead atoms. The van der Waals surface area contributed by atoms with E-state index in [-0.39, 0.29) is 24.2 Å². The SMILES string of the molecule is Cc1nc2nc(C(F)(F)F)nn2c(C)c1CCC(=O)N(C)CC1COc2ccccc2O1. The van der Waals surface area contributed by atoms with Gasteiger partial charge in [0.1, 0.15) is 6.61 Å². The van der Waals surface area contributed by atoms with Gasteiger partial charge in [-0.3, -0.25) is 4.79 Å². The minimum Gasteiger partial charge on any atom is -0.486 e. The highest BCUT2D eigenvalue weighted by atomic mass is 19.4. The molecule has 0 saturated carbocycles. The van der Waals surface area contributed by atoms with Gasteiger partial charge in [-0.25, -0.2) is 9.50 Å². The van der Waals surface area contributed by atoms with Crippen LogP contribution in [0.1, 0.15) is 29.2 Å². The monoisotopic (exact) mass is 449 g/mol. The lowest BCUT2D eigenvalue weighted by atomic mass is 10.1. The molecule has 2 aromatic heterocycles.